The van der Waals surface area contributed by atoms with E-state index in [0.29, 0.717) is 0 Å². The SMILES string of the molecule is CC(C)[C@H](NC(=O)C(N)c1cccs1)C(=O)O. The van der Waals surface area contributed by atoms with Crippen LogP contribution in [0.2, 0.25) is 0 Å². The predicted molar refractivity (Wildman–Crippen MR) is 65.7 cm³/mol. The van der Waals surface area contributed by atoms with Crippen molar-refractivity contribution in [2.75, 3.05) is 0 Å². The highest BCUT2D eigenvalue weighted by atomic mass is 32.1. The molecule has 2 atom stereocenters. The number of rotatable bonds is 5. The number of thiophene rings is 1. The second-order valence-electron chi connectivity index (χ2n) is 4.06. The summed E-state index contributed by atoms with van der Waals surface area (Å²) < 4.78 is 0. The first-order valence-electron chi connectivity index (χ1n) is 5.25. The summed E-state index contributed by atoms with van der Waals surface area (Å²) in [7, 11) is 0. The number of nitrogens with one attached hydrogen (secondary N) is 1. The van der Waals surface area contributed by atoms with E-state index in [0.717, 1.165) is 4.88 Å². The number of carbonyl (C=O) groups is 2. The molecule has 0 saturated heterocycles. The Bertz CT molecular complexity index is 389. The van der Waals surface area contributed by atoms with E-state index in [1.54, 1.807) is 26.0 Å². The first-order valence-corrected chi connectivity index (χ1v) is 6.13. The van der Waals surface area contributed by atoms with Crippen molar-refractivity contribution in [2.24, 2.45) is 11.7 Å². The average molecular weight is 256 g/mol. The van der Waals surface area contributed by atoms with E-state index in [-0.39, 0.29) is 5.92 Å². The number of carboxylic acid groups (broad SMARTS) is 1. The van der Waals surface area contributed by atoms with E-state index in [1.165, 1.54) is 11.3 Å². The van der Waals surface area contributed by atoms with Crippen LogP contribution < -0.4 is 11.1 Å². The molecule has 0 radical (unpaired) electrons. The van der Waals surface area contributed by atoms with Crippen molar-refractivity contribution in [1.82, 2.24) is 5.32 Å². The van der Waals surface area contributed by atoms with Crippen LogP contribution in [0.5, 0.6) is 0 Å². The Labute approximate surface area is 104 Å². The molecule has 0 aromatic carbocycles. The molecule has 1 amide bonds. The zero-order chi connectivity index (χ0) is 13.0. The number of hydrogen-bond acceptors (Lipinski definition) is 4. The molecular formula is C11H16N2O3S. The molecule has 1 aromatic rings. The molecule has 6 heteroatoms. The highest BCUT2D eigenvalue weighted by Gasteiger charge is 2.26. The van der Waals surface area contributed by atoms with Crippen molar-refractivity contribution in [3.05, 3.63) is 22.4 Å². The molecule has 0 spiro atoms. The molecule has 1 aromatic heterocycles. The van der Waals surface area contributed by atoms with Gasteiger partial charge in [0.2, 0.25) is 5.91 Å². The van der Waals surface area contributed by atoms with Crippen LogP contribution in [0, 0.1) is 5.92 Å². The molecule has 5 nitrogen and oxygen atoms in total. The largest absolute Gasteiger partial charge is 0.480 e. The second kappa shape index (κ2) is 5.79. The summed E-state index contributed by atoms with van der Waals surface area (Å²) in [4.78, 5) is 23.4. The Hall–Kier alpha value is -1.40. The normalized spacial score (nSPS) is 14.4. The van der Waals surface area contributed by atoms with Gasteiger partial charge in [0.25, 0.3) is 0 Å². The van der Waals surface area contributed by atoms with Crippen LogP contribution >= 0.6 is 11.3 Å². The maximum atomic E-state index is 11.8. The molecule has 0 aliphatic rings. The fourth-order valence-corrected chi connectivity index (χ4v) is 2.08. The molecule has 0 saturated carbocycles. The highest BCUT2D eigenvalue weighted by molar-refractivity contribution is 7.10. The van der Waals surface area contributed by atoms with Gasteiger partial charge in [-0.1, -0.05) is 19.9 Å². The van der Waals surface area contributed by atoms with Crippen molar-refractivity contribution in [2.45, 2.75) is 25.9 Å². The summed E-state index contributed by atoms with van der Waals surface area (Å²) in [6.07, 6.45) is 0. The molecule has 17 heavy (non-hydrogen) atoms. The summed E-state index contributed by atoms with van der Waals surface area (Å²) in [5.41, 5.74) is 5.74. The van der Waals surface area contributed by atoms with Crippen molar-refractivity contribution in [3.8, 4) is 0 Å². The van der Waals surface area contributed by atoms with Gasteiger partial charge in [0, 0.05) is 4.88 Å². The minimum atomic E-state index is -1.05. The number of carbonyl (C=O) groups excluding carboxylic acids is 1. The lowest BCUT2D eigenvalue weighted by molar-refractivity contribution is -0.143. The molecule has 94 valence electrons. The first kappa shape index (κ1) is 13.7. The maximum Gasteiger partial charge on any atom is 0.326 e. The van der Waals surface area contributed by atoms with Gasteiger partial charge in [-0.15, -0.1) is 11.3 Å². The molecule has 0 fully saturated rings. The third-order valence-electron chi connectivity index (χ3n) is 2.36. The third kappa shape index (κ3) is 3.54. The molecule has 1 unspecified atom stereocenters. The lowest BCUT2D eigenvalue weighted by Gasteiger charge is -2.19. The smallest absolute Gasteiger partial charge is 0.326 e. The topological polar surface area (TPSA) is 92.4 Å². The van der Waals surface area contributed by atoms with Gasteiger partial charge in [-0.05, 0) is 17.4 Å². The van der Waals surface area contributed by atoms with Crippen LogP contribution in [0.4, 0.5) is 0 Å². The zero-order valence-electron chi connectivity index (χ0n) is 9.71. The van der Waals surface area contributed by atoms with Crippen LogP contribution in [-0.4, -0.2) is 23.0 Å². The van der Waals surface area contributed by atoms with E-state index in [1.807, 2.05) is 5.38 Å². The Morgan fingerprint density at radius 2 is 2.12 bits per heavy atom. The fourth-order valence-electron chi connectivity index (χ4n) is 1.35. The molecule has 0 aliphatic heterocycles. The molecular weight excluding hydrogens is 240 g/mol. The summed E-state index contributed by atoms with van der Waals surface area (Å²) in [6.45, 7) is 3.46. The van der Waals surface area contributed by atoms with Gasteiger partial charge >= 0.3 is 5.97 Å². The Morgan fingerprint density at radius 3 is 2.53 bits per heavy atom. The minimum Gasteiger partial charge on any atom is -0.480 e. The van der Waals surface area contributed by atoms with Gasteiger partial charge in [-0.3, -0.25) is 4.79 Å². The van der Waals surface area contributed by atoms with E-state index in [4.69, 9.17) is 10.8 Å². The second-order valence-corrected chi connectivity index (χ2v) is 5.04. The van der Waals surface area contributed by atoms with Gasteiger partial charge < -0.3 is 16.2 Å². The van der Waals surface area contributed by atoms with E-state index < -0.39 is 24.0 Å². The van der Waals surface area contributed by atoms with Gasteiger partial charge in [-0.25, -0.2) is 4.79 Å². The Balaban J connectivity index is 2.68. The minimum absolute atomic E-state index is 0.188. The molecule has 1 heterocycles. The number of hydrogen-bond donors (Lipinski definition) is 3. The van der Waals surface area contributed by atoms with Crippen LogP contribution in [0.25, 0.3) is 0 Å². The fraction of sp³-hybridized carbons (Fsp3) is 0.455. The number of amides is 1. The lowest BCUT2D eigenvalue weighted by atomic mass is 10.0. The summed E-state index contributed by atoms with van der Waals surface area (Å²) >= 11 is 1.37. The van der Waals surface area contributed by atoms with Gasteiger partial charge in [0.1, 0.15) is 12.1 Å². The lowest BCUT2D eigenvalue weighted by Crippen LogP contribution is -2.47. The summed E-state index contributed by atoms with van der Waals surface area (Å²) in [5, 5.41) is 13.2. The van der Waals surface area contributed by atoms with Crippen LogP contribution in [0.1, 0.15) is 24.8 Å². The highest BCUT2D eigenvalue weighted by Crippen LogP contribution is 2.17. The third-order valence-corrected chi connectivity index (χ3v) is 3.32. The number of aliphatic carboxylic acids is 1. The first-order chi connectivity index (χ1) is 7.93. The summed E-state index contributed by atoms with van der Waals surface area (Å²) in [6, 6.07) is 1.83. The standard InChI is InChI=1S/C11H16N2O3S/c1-6(2)9(11(15)16)13-10(14)8(12)7-4-3-5-17-7/h3-6,8-9H,12H2,1-2H3,(H,13,14)(H,15,16)/t8?,9-/m0/s1. The van der Waals surface area contributed by atoms with Gasteiger partial charge in [0.15, 0.2) is 0 Å². The number of carboxylic acids is 1. The van der Waals surface area contributed by atoms with Crippen LogP contribution in [-0.2, 0) is 9.59 Å². The van der Waals surface area contributed by atoms with Crippen molar-refractivity contribution >= 4 is 23.2 Å². The predicted octanol–water partition coefficient (Wildman–Crippen LogP) is 0.973. The van der Waals surface area contributed by atoms with E-state index in [9.17, 15) is 9.59 Å². The number of nitrogens with two attached hydrogens (primary N) is 1. The summed E-state index contributed by atoms with van der Waals surface area (Å²) in [5.74, 6) is -1.70. The zero-order valence-corrected chi connectivity index (χ0v) is 10.5. The van der Waals surface area contributed by atoms with Crippen LogP contribution in [0.3, 0.4) is 0 Å². The van der Waals surface area contributed by atoms with Crippen molar-refractivity contribution < 1.29 is 14.7 Å². The quantitative estimate of drug-likeness (QED) is 0.732. The average Bonchev–Trinajstić information content (AvgIpc) is 2.76. The van der Waals surface area contributed by atoms with Crippen molar-refractivity contribution in [1.29, 1.82) is 0 Å². The van der Waals surface area contributed by atoms with Gasteiger partial charge in [-0.2, -0.15) is 0 Å². The van der Waals surface area contributed by atoms with Gasteiger partial charge in [0.05, 0.1) is 0 Å². The molecule has 0 bridgehead atoms. The van der Waals surface area contributed by atoms with Crippen LogP contribution in [0.15, 0.2) is 17.5 Å². The Morgan fingerprint density at radius 1 is 1.47 bits per heavy atom. The van der Waals surface area contributed by atoms with E-state index in [2.05, 4.69) is 5.32 Å². The maximum absolute atomic E-state index is 11.8. The Kier molecular flexibility index (Phi) is 4.65. The van der Waals surface area contributed by atoms with E-state index >= 15 is 0 Å². The van der Waals surface area contributed by atoms with Crippen molar-refractivity contribution in [3.63, 3.8) is 0 Å². The monoisotopic (exact) mass is 256 g/mol. The molecule has 4 N–H and O–H groups in total. The molecule has 1 rings (SSSR count). The molecule has 0 aliphatic carbocycles.